The maximum Gasteiger partial charge on any atom is 0.257 e. The Kier molecular flexibility index (Phi) is 4.76. The summed E-state index contributed by atoms with van der Waals surface area (Å²) in [7, 11) is 1.97. The van der Waals surface area contributed by atoms with Gasteiger partial charge in [0.15, 0.2) is 0 Å². The molecule has 1 aliphatic rings. The Morgan fingerprint density at radius 3 is 3.00 bits per heavy atom. The second-order valence-electron chi connectivity index (χ2n) is 6.28. The Morgan fingerprint density at radius 2 is 2.22 bits per heavy atom. The average Bonchev–Trinajstić information content (AvgIpc) is 3.05. The number of para-hydroxylation sites is 1. The first-order valence-electron chi connectivity index (χ1n) is 8.23. The number of benzene rings is 1. The van der Waals surface area contributed by atoms with Gasteiger partial charge in [0.05, 0.1) is 17.4 Å². The zero-order valence-corrected chi connectivity index (χ0v) is 13.8. The lowest BCUT2D eigenvalue weighted by molar-refractivity contribution is 0.0674. The summed E-state index contributed by atoms with van der Waals surface area (Å²) in [4.78, 5) is 14.7. The van der Waals surface area contributed by atoms with Crippen LogP contribution in [-0.4, -0.2) is 47.3 Å². The number of carbonyl (C=O) groups is 1. The number of rotatable bonds is 4. The molecule has 1 amide bonds. The molecule has 5 heteroatoms. The molecule has 1 fully saturated rings. The van der Waals surface area contributed by atoms with E-state index >= 15 is 0 Å². The van der Waals surface area contributed by atoms with Gasteiger partial charge in [0.25, 0.3) is 5.91 Å². The van der Waals surface area contributed by atoms with Crippen molar-refractivity contribution in [2.24, 2.45) is 5.92 Å². The number of likely N-dealkylation sites (tertiary alicyclic amines) is 1. The molecule has 3 rings (SSSR count). The van der Waals surface area contributed by atoms with Gasteiger partial charge in [-0.25, -0.2) is 4.68 Å². The van der Waals surface area contributed by atoms with Crippen molar-refractivity contribution < 1.29 is 4.79 Å². The highest BCUT2D eigenvalue weighted by Crippen LogP contribution is 2.19. The fraction of sp³-hybridized carbons (Fsp3) is 0.444. The van der Waals surface area contributed by atoms with Crippen molar-refractivity contribution in [3.8, 4) is 5.69 Å². The Bertz CT molecular complexity index is 677. The van der Waals surface area contributed by atoms with Gasteiger partial charge in [0.2, 0.25) is 0 Å². The molecule has 1 unspecified atom stereocenters. The van der Waals surface area contributed by atoms with Crippen LogP contribution in [0.25, 0.3) is 5.69 Å². The minimum atomic E-state index is 0.0886. The monoisotopic (exact) mass is 312 g/mol. The van der Waals surface area contributed by atoms with Crippen LogP contribution in [0.5, 0.6) is 0 Å². The highest BCUT2D eigenvalue weighted by molar-refractivity contribution is 5.93. The van der Waals surface area contributed by atoms with Gasteiger partial charge in [-0.1, -0.05) is 18.2 Å². The summed E-state index contributed by atoms with van der Waals surface area (Å²) < 4.78 is 1.79. The van der Waals surface area contributed by atoms with Crippen LogP contribution in [0.2, 0.25) is 0 Å². The second-order valence-corrected chi connectivity index (χ2v) is 6.28. The van der Waals surface area contributed by atoms with E-state index in [2.05, 4.69) is 10.4 Å². The molecule has 5 nitrogen and oxygen atoms in total. The molecular formula is C18H24N4O. The van der Waals surface area contributed by atoms with Crippen LogP contribution >= 0.6 is 0 Å². The first kappa shape index (κ1) is 15.7. The Hall–Kier alpha value is -2.14. The lowest BCUT2D eigenvalue weighted by atomic mass is 9.97. The molecule has 1 N–H and O–H groups in total. The van der Waals surface area contributed by atoms with E-state index in [0.29, 0.717) is 11.5 Å². The molecular weight excluding hydrogens is 288 g/mol. The van der Waals surface area contributed by atoms with E-state index in [9.17, 15) is 4.79 Å². The smallest absolute Gasteiger partial charge is 0.257 e. The largest absolute Gasteiger partial charge is 0.338 e. The number of hydrogen-bond donors (Lipinski definition) is 1. The summed E-state index contributed by atoms with van der Waals surface area (Å²) in [5, 5.41) is 7.59. The predicted octanol–water partition coefficient (Wildman–Crippen LogP) is 2.25. The van der Waals surface area contributed by atoms with Crippen molar-refractivity contribution in [2.45, 2.75) is 19.8 Å². The number of aromatic nitrogens is 2. The number of amides is 1. The lowest BCUT2D eigenvalue weighted by Gasteiger charge is -2.32. The van der Waals surface area contributed by atoms with E-state index in [4.69, 9.17) is 0 Å². The Labute approximate surface area is 137 Å². The van der Waals surface area contributed by atoms with Gasteiger partial charge >= 0.3 is 0 Å². The average molecular weight is 312 g/mol. The summed E-state index contributed by atoms with van der Waals surface area (Å²) in [5.41, 5.74) is 2.82. The van der Waals surface area contributed by atoms with Gasteiger partial charge < -0.3 is 10.2 Å². The molecule has 0 bridgehead atoms. The number of piperidine rings is 1. The van der Waals surface area contributed by atoms with Crippen LogP contribution in [0.4, 0.5) is 0 Å². The first-order valence-corrected chi connectivity index (χ1v) is 8.23. The summed E-state index contributed by atoms with van der Waals surface area (Å²) in [6.07, 6.45) is 5.78. The standard InChI is InChI=1S/C18H24N4O/c1-14-6-3-4-8-17(14)22-13-16(11-20-22)18(23)21-9-5-7-15(12-21)10-19-2/h3-4,6,8,11,13,15,19H,5,7,9-10,12H2,1-2H3. The van der Waals surface area contributed by atoms with Crippen LogP contribution < -0.4 is 5.32 Å². The van der Waals surface area contributed by atoms with Crippen LogP contribution in [-0.2, 0) is 0 Å². The summed E-state index contributed by atoms with van der Waals surface area (Å²) in [6.45, 7) is 4.68. The molecule has 0 radical (unpaired) electrons. The first-order chi connectivity index (χ1) is 11.2. The third kappa shape index (κ3) is 3.45. The fourth-order valence-electron chi connectivity index (χ4n) is 3.27. The van der Waals surface area contributed by atoms with Crippen molar-refractivity contribution >= 4 is 5.91 Å². The van der Waals surface area contributed by atoms with Crippen LogP contribution in [0, 0.1) is 12.8 Å². The SMILES string of the molecule is CNCC1CCCN(C(=O)c2cnn(-c3ccccc3C)c2)C1. The van der Waals surface area contributed by atoms with Crippen molar-refractivity contribution in [1.82, 2.24) is 20.0 Å². The van der Waals surface area contributed by atoms with E-state index < -0.39 is 0 Å². The normalized spacial score (nSPS) is 18.2. The quantitative estimate of drug-likeness (QED) is 0.942. The van der Waals surface area contributed by atoms with E-state index in [-0.39, 0.29) is 5.91 Å². The number of hydrogen-bond acceptors (Lipinski definition) is 3. The predicted molar refractivity (Wildman–Crippen MR) is 90.9 cm³/mol. The fourth-order valence-corrected chi connectivity index (χ4v) is 3.27. The van der Waals surface area contributed by atoms with Gasteiger partial charge in [-0.2, -0.15) is 5.10 Å². The molecule has 0 aliphatic carbocycles. The van der Waals surface area contributed by atoms with Crippen molar-refractivity contribution in [2.75, 3.05) is 26.7 Å². The van der Waals surface area contributed by atoms with Gasteiger partial charge in [0, 0.05) is 19.3 Å². The van der Waals surface area contributed by atoms with E-state index in [1.807, 2.05) is 49.3 Å². The molecule has 0 saturated carbocycles. The number of nitrogens with zero attached hydrogens (tertiary/aromatic N) is 3. The Balaban J connectivity index is 1.75. The van der Waals surface area contributed by atoms with Gasteiger partial charge in [-0.15, -0.1) is 0 Å². The van der Waals surface area contributed by atoms with Crippen LogP contribution in [0.1, 0.15) is 28.8 Å². The molecule has 23 heavy (non-hydrogen) atoms. The second kappa shape index (κ2) is 6.96. The third-order valence-electron chi connectivity index (χ3n) is 4.49. The van der Waals surface area contributed by atoms with Crippen LogP contribution in [0.3, 0.4) is 0 Å². The lowest BCUT2D eigenvalue weighted by Crippen LogP contribution is -2.42. The maximum atomic E-state index is 12.7. The highest BCUT2D eigenvalue weighted by Gasteiger charge is 2.25. The zero-order chi connectivity index (χ0) is 16.2. The van der Waals surface area contributed by atoms with Gasteiger partial charge in [-0.05, 0) is 50.9 Å². The number of aryl methyl sites for hydroxylation is 1. The number of nitrogens with one attached hydrogen (secondary N) is 1. The summed E-state index contributed by atoms with van der Waals surface area (Å²) in [5.74, 6) is 0.634. The molecule has 1 atom stereocenters. The van der Waals surface area contributed by atoms with Gasteiger partial charge in [0.1, 0.15) is 0 Å². The number of carbonyl (C=O) groups excluding carboxylic acids is 1. The summed E-state index contributed by atoms with van der Waals surface area (Å²) in [6, 6.07) is 8.05. The highest BCUT2D eigenvalue weighted by atomic mass is 16.2. The van der Waals surface area contributed by atoms with Gasteiger partial charge in [-0.3, -0.25) is 4.79 Å². The summed E-state index contributed by atoms with van der Waals surface area (Å²) >= 11 is 0. The molecule has 122 valence electrons. The molecule has 1 saturated heterocycles. The maximum absolute atomic E-state index is 12.7. The molecule has 2 heterocycles. The zero-order valence-electron chi connectivity index (χ0n) is 13.8. The van der Waals surface area contributed by atoms with E-state index in [0.717, 1.165) is 37.3 Å². The Morgan fingerprint density at radius 1 is 1.39 bits per heavy atom. The molecule has 1 aliphatic heterocycles. The van der Waals surface area contributed by atoms with E-state index in [1.165, 1.54) is 6.42 Å². The molecule has 1 aromatic carbocycles. The minimum Gasteiger partial charge on any atom is -0.338 e. The van der Waals surface area contributed by atoms with Crippen LogP contribution in [0.15, 0.2) is 36.7 Å². The third-order valence-corrected chi connectivity index (χ3v) is 4.49. The van der Waals surface area contributed by atoms with Crippen molar-refractivity contribution in [1.29, 1.82) is 0 Å². The topological polar surface area (TPSA) is 50.2 Å². The minimum absolute atomic E-state index is 0.0886. The van der Waals surface area contributed by atoms with Crippen molar-refractivity contribution in [3.63, 3.8) is 0 Å². The molecule has 1 aromatic heterocycles. The molecule has 0 spiro atoms. The van der Waals surface area contributed by atoms with Crippen molar-refractivity contribution in [3.05, 3.63) is 47.8 Å². The van der Waals surface area contributed by atoms with E-state index in [1.54, 1.807) is 10.9 Å². The molecule has 2 aromatic rings.